The molecule has 32 heavy (non-hydrogen) atoms. The van der Waals surface area contributed by atoms with Crippen LogP contribution in [0.5, 0.6) is 5.75 Å². The van der Waals surface area contributed by atoms with Crippen LogP contribution in [0.1, 0.15) is 55.4 Å². The van der Waals surface area contributed by atoms with Gasteiger partial charge in [0.05, 0.1) is 22.6 Å². The van der Waals surface area contributed by atoms with E-state index in [1.165, 1.54) is 11.3 Å². The molecule has 1 aromatic carbocycles. The van der Waals surface area contributed by atoms with E-state index >= 15 is 0 Å². The molecular weight excluding hydrogens is 424 g/mol. The first-order chi connectivity index (χ1) is 15.4. The number of hydrogen-bond acceptors (Lipinski definition) is 6. The van der Waals surface area contributed by atoms with Crippen LogP contribution < -0.4 is 4.74 Å². The Bertz CT molecular complexity index is 947. The molecule has 1 aliphatic rings. The minimum Gasteiger partial charge on any atom is -0.503 e. The van der Waals surface area contributed by atoms with Gasteiger partial charge in [0.2, 0.25) is 5.78 Å². The maximum Gasteiger partial charge on any atom is 0.290 e. The van der Waals surface area contributed by atoms with Gasteiger partial charge in [0, 0.05) is 6.54 Å². The van der Waals surface area contributed by atoms with E-state index in [2.05, 4.69) is 18.7 Å². The summed E-state index contributed by atoms with van der Waals surface area (Å²) in [6.45, 7) is 11.3. The Hall–Kier alpha value is -2.64. The van der Waals surface area contributed by atoms with E-state index in [1.54, 1.807) is 17.0 Å². The van der Waals surface area contributed by atoms with E-state index in [1.807, 2.05) is 43.5 Å². The maximum absolute atomic E-state index is 13.3. The fourth-order valence-electron chi connectivity index (χ4n) is 4.01. The van der Waals surface area contributed by atoms with Crippen LogP contribution in [0.4, 0.5) is 0 Å². The third kappa shape index (κ3) is 5.22. The number of Topliss-reactive ketones (excluding diaryl/α,β-unsaturated/α-hetero) is 1. The highest BCUT2D eigenvalue weighted by Gasteiger charge is 2.43. The summed E-state index contributed by atoms with van der Waals surface area (Å²) in [5.74, 6) is -0.513. The summed E-state index contributed by atoms with van der Waals surface area (Å²) >= 11 is 1.31. The highest BCUT2D eigenvalue weighted by atomic mass is 32.1. The van der Waals surface area contributed by atoms with Gasteiger partial charge in [-0.05, 0) is 69.0 Å². The SMILES string of the molecule is CCN(CC)CCCN1C(=O)C(O)=C(C(=O)c2cccs2)[C@@H]1c1ccc(OC(C)C)cc1. The number of aliphatic hydroxyl groups excluding tert-OH is 1. The normalized spacial score (nSPS) is 16.5. The Morgan fingerprint density at radius 1 is 1.19 bits per heavy atom. The zero-order valence-corrected chi connectivity index (χ0v) is 20.0. The molecule has 1 atom stereocenters. The second-order valence-corrected chi connectivity index (χ2v) is 9.03. The highest BCUT2D eigenvalue weighted by Crippen LogP contribution is 2.40. The number of rotatable bonds is 11. The van der Waals surface area contributed by atoms with Gasteiger partial charge in [0.15, 0.2) is 5.76 Å². The Kier molecular flexibility index (Phi) is 8.10. The standard InChI is InChI=1S/C25H32N2O4S/c1-5-26(6-2)14-8-15-27-22(18-10-12-19(13-11-18)31-17(3)4)21(24(29)25(27)30)23(28)20-9-7-16-32-20/h7,9-13,16-17,22,29H,5-6,8,14-15H2,1-4H3/t22-/m0/s1. The first-order valence-corrected chi connectivity index (χ1v) is 12.1. The summed E-state index contributed by atoms with van der Waals surface area (Å²) in [5, 5.41) is 12.6. The van der Waals surface area contributed by atoms with E-state index in [0.717, 1.165) is 37.4 Å². The lowest BCUT2D eigenvalue weighted by Crippen LogP contribution is -2.34. The molecule has 0 fully saturated rings. The molecule has 1 aromatic heterocycles. The minimum atomic E-state index is -0.623. The van der Waals surface area contributed by atoms with Gasteiger partial charge in [0.1, 0.15) is 5.75 Å². The fourth-order valence-corrected chi connectivity index (χ4v) is 4.69. The molecule has 3 rings (SSSR count). The van der Waals surface area contributed by atoms with Gasteiger partial charge >= 0.3 is 0 Å². The molecular formula is C25H32N2O4S. The summed E-state index contributed by atoms with van der Waals surface area (Å²) in [7, 11) is 0. The van der Waals surface area contributed by atoms with Crippen LogP contribution in [0, 0.1) is 0 Å². The predicted octanol–water partition coefficient (Wildman–Crippen LogP) is 4.85. The predicted molar refractivity (Wildman–Crippen MR) is 127 cm³/mol. The molecule has 0 spiro atoms. The molecule has 2 aromatic rings. The lowest BCUT2D eigenvalue weighted by Gasteiger charge is -2.28. The van der Waals surface area contributed by atoms with Gasteiger partial charge in [0.25, 0.3) is 5.91 Å². The van der Waals surface area contributed by atoms with Crippen molar-refractivity contribution >= 4 is 23.0 Å². The summed E-state index contributed by atoms with van der Waals surface area (Å²) in [6, 6.07) is 10.3. The maximum atomic E-state index is 13.3. The third-order valence-corrected chi connectivity index (χ3v) is 6.50. The number of benzene rings is 1. The van der Waals surface area contributed by atoms with E-state index in [-0.39, 0.29) is 17.5 Å². The molecule has 172 valence electrons. The summed E-state index contributed by atoms with van der Waals surface area (Å²) < 4.78 is 5.74. The number of nitrogens with zero attached hydrogens (tertiary/aromatic N) is 2. The molecule has 0 unspecified atom stereocenters. The Labute approximate surface area is 194 Å². The molecule has 0 saturated heterocycles. The van der Waals surface area contributed by atoms with E-state index in [0.29, 0.717) is 11.4 Å². The van der Waals surface area contributed by atoms with Crippen molar-refractivity contribution in [1.29, 1.82) is 0 Å². The van der Waals surface area contributed by atoms with Gasteiger partial charge in [-0.25, -0.2) is 0 Å². The van der Waals surface area contributed by atoms with Crippen molar-refractivity contribution < 1.29 is 19.4 Å². The molecule has 2 heterocycles. The Balaban J connectivity index is 1.92. The third-order valence-electron chi connectivity index (χ3n) is 5.63. The van der Waals surface area contributed by atoms with Crippen LogP contribution in [0.2, 0.25) is 0 Å². The van der Waals surface area contributed by atoms with E-state index in [4.69, 9.17) is 4.74 Å². The number of hydrogen-bond donors (Lipinski definition) is 1. The van der Waals surface area contributed by atoms with Gasteiger partial charge < -0.3 is 19.6 Å². The summed E-state index contributed by atoms with van der Waals surface area (Å²) in [5.41, 5.74) is 0.930. The van der Waals surface area contributed by atoms with Crippen molar-refractivity contribution in [3.05, 3.63) is 63.6 Å². The van der Waals surface area contributed by atoms with Crippen molar-refractivity contribution in [2.24, 2.45) is 0 Å². The number of carbonyl (C=O) groups excluding carboxylic acids is 2. The largest absolute Gasteiger partial charge is 0.503 e. The topological polar surface area (TPSA) is 70.1 Å². The Morgan fingerprint density at radius 2 is 1.88 bits per heavy atom. The lowest BCUT2D eigenvalue weighted by molar-refractivity contribution is -0.129. The zero-order valence-electron chi connectivity index (χ0n) is 19.2. The quantitative estimate of drug-likeness (QED) is 0.490. The molecule has 0 bridgehead atoms. The molecule has 0 saturated carbocycles. The average Bonchev–Trinajstić information content (AvgIpc) is 3.39. The average molecular weight is 457 g/mol. The van der Waals surface area contributed by atoms with E-state index < -0.39 is 17.7 Å². The molecule has 1 aliphatic heterocycles. The van der Waals surface area contributed by atoms with Crippen LogP contribution in [-0.2, 0) is 4.79 Å². The van der Waals surface area contributed by atoms with Crippen LogP contribution in [0.25, 0.3) is 0 Å². The van der Waals surface area contributed by atoms with Crippen LogP contribution in [0.3, 0.4) is 0 Å². The molecule has 1 amide bonds. The van der Waals surface area contributed by atoms with Crippen LogP contribution >= 0.6 is 11.3 Å². The van der Waals surface area contributed by atoms with Crippen LogP contribution in [-0.4, -0.2) is 58.9 Å². The lowest BCUT2D eigenvalue weighted by atomic mass is 9.95. The van der Waals surface area contributed by atoms with Gasteiger partial charge in [-0.3, -0.25) is 9.59 Å². The van der Waals surface area contributed by atoms with Crippen molar-refractivity contribution in [1.82, 2.24) is 9.80 Å². The van der Waals surface area contributed by atoms with Crippen molar-refractivity contribution in [3.8, 4) is 5.75 Å². The number of ether oxygens (including phenoxy) is 1. The minimum absolute atomic E-state index is 0.0467. The van der Waals surface area contributed by atoms with Crippen molar-refractivity contribution in [3.63, 3.8) is 0 Å². The summed E-state index contributed by atoms with van der Waals surface area (Å²) in [4.78, 5) is 30.7. The van der Waals surface area contributed by atoms with E-state index in [9.17, 15) is 14.7 Å². The number of ketones is 1. The number of aliphatic hydroxyl groups is 1. The molecule has 1 N–H and O–H groups in total. The van der Waals surface area contributed by atoms with Gasteiger partial charge in [-0.2, -0.15) is 0 Å². The van der Waals surface area contributed by atoms with Crippen molar-refractivity contribution in [2.75, 3.05) is 26.2 Å². The Morgan fingerprint density at radius 3 is 2.44 bits per heavy atom. The fraction of sp³-hybridized carbons (Fsp3) is 0.440. The first kappa shape index (κ1) is 24.0. The number of carbonyl (C=O) groups is 2. The number of amides is 1. The monoisotopic (exact) mass is 456 g/mol. The second kappa shape index (κ2) is 10.8. The highest BCUT2D eigenvalue weighted by molar-refractivity contribution is 7.12. The van der Waals surface area contributed by atoms with Gasteiger partial charge in [-0.1, -0.05) is 32.0 Å². The number of thiophene rings is 1. The molecule has 0 aliphatic carbocycles. The first-order valence-electron chi connectivity index (χ1n) is 11.2. The molecule has 7 heteroatoms. The van der Waals surface area contributed by atoms with Crippen LogP contribution in [0.15, 0.2) is 53.1 Å². The summed E-state index contributed by atoms with van der Waals surface area (Å²) in [6.07, 6.45) is 0.803. The zero-order chi connectivity index (χ0) is 23.3. The van der Waals surface area contributed by atoms with Crippen molar-refractivity contribution in [2.45, 2.75) is 46.3 Å². The molecule has 6 nitrogen and oxygen atoms in total. The second-order valence-electron chi connectivity index (χ2n) is 8.09. The van der Waals surface area contributed by atoms with Gasteiger partial charge in [-0.15, -0.1) is 11.3 Å². The molecule has 0 radical (unpaired) electrons. The smallest absolute Gasteiger partial charge is 0.290 e.